The van der Waals surface area contributed by atoms with Crippen LogP contribution in [0.3, 0.4) is 0 Å². The monoisotopic (exact) mass is 423 g/mol. The number of benzene rings is 1. The molecule has 1 aromatic carbocycles. The van der Waals surface area contributed by atoms with E-state index in [4.69, 9.17) is 16.1 Å². The highest BCUT2D eigenvalue weighted by Gasteiger charge is 2.32. The van der Waals surface area contributed by atoms with Crippen molar-refractivity contribution in [1.29, 1.82) is 0 Å². The number of piperidine rings is 1. The van der Waals surface area contributed by atoms with Crippen LogP contribution in [0.5, 0.6) is 0 Å². The molecule has 3 heterocycles. The molecule has 0 unspecified atom stereocenters. The van der Waals surface area contributed by atoms with Crippen LogP contribution in [0.1, 0.15) is 30.1 Å². The molecular formula is C18H18ClN3O3S2. The number of rotatable bonds is 4. The van der Waals surface area contributed by atoms with Gasteiger partial charge in [0.2, 0.25) is 0 Å². The van der Waals surface area contributed by atoms with Gasteiger partial charge in [-0.15, -0.1) is 11.3 Å². The lowest BCUT2D eigenvalue weighted by Gasteiger charge is -2.29. The van der Waals surface area contributed by atoms with E-state index in [9.17, 15) is 8.42 Å². The Morgan fingerprint density at radius 1 is 1.15 bits per heavy atom. The van der Waals surface area contributed by atoms with Gasteiger partial charge in [-0.3, -0.25) is 0 Å². The first-order valence-corrected chi connectivity index (χ1v) is 11.2. The summed E-state index contributed by atoms with van der Waals surface area (Å²) >= 11 is 6.96. The molecule has 0 N–H and O–H groups in total. The van der Waals surface area contributed by atoms with Gasteiger partial charge in [-0.25, -0.2) is 8.42 Å². The Bertz CT molecular complexity index is 1040. The van der Waals surface area contributed by atoms with E-state index in [0.29, 0.717) is 42.0 Å². The molecule has 2 aromatic heterocycles. The molecule has 0 atom stereocenters. The molecule has 27 heavy (non-hydrogen) atoms. The number of aromatic nitrogens is 2. The molecular weight excluding hydrogens is 406 g/mol. The maximum Gasteiger partial charge on any atom is 0.257 e. The van der Waals surface area contributed by atoms with Crippen LogP contribution in [-0.4, -0.2) is 36.0 Å². The molecule has 0 radical (unpaired) electrons. The molecule has 9 heteroatoms. The van der Waals surface area contributed by atoms with E-state index in [0.717, 1.165) is 16.9 Å². The van der Waals surface area contributed by atoms with Crippen molar-refractivity contribution in [1.82, 2.24) is 14.4 Å². The second-order valence-corrected chi connectivity index (χ2v) is 10.4. The van der Waals surface area contributed by atoms with Gasteiger partial charge in [-0.1, -0.05) is 34.5 Å². The zero-order valence-electron chi connectivity index (χ0n) is 14.6. The Hall–Kier alpha value is -1.74. The largest absolute Gasteiger partial charge is 0.334 e. The van der Waals surface area contributed by atoms with Gasteiger partial charge in [0.25, 0.3) is 15.9 Å². The lowest BCUT2D eigenvalue weighted by Crippen LogP contribution is -2.37. The number of halogens is 1. The SMILES string of the molecule is Cc1ccc(-c2nc(C3CCN(S(=O)(=O)c4ccc(Cl)s4)CC3)no2)cc1. The first kappa shape index (κ1) is 18.6. The highest BCUT2D eigenvalue weighted by molar-refractivity contribution is 7.91. The highest BCUT2D eigenvalue weighted by Crippen LogP contribution is 2.33. The van der Waals surface area contributed by atoms with Crippen LogP contribution in [0.2, 0.25) is 4.34 Å². The summed E-state index contributed by atoms with van der Waals surface area (Å²) in [4.78, 5) is 4.52. The highest BCUT2D eigenvalue weighted by atomic mass is 35.5. The fourth-order valence-corrected chi connectivity index (χ4v) is 6.24. The maximum atomic E-state index is 12.7. The van der Waals surface area contributed by atoms with Crippen molar-refractivity contribution in [3.05, 3.63) is 52.1 Å². The van der Waals surface area contributed by atoms with Crippen molar-refractivity contribution in [2.45, 2.75) is 29.9 Å². The van der Waals surface area contributed by atoms with E-state index < -0.39 is 10.0 Å². The predicted octanol–water partition coefficient (Wildman–Crippen LogP) is 4.33. The number of aryl methyl sites for hydroxylation is 1. The van der Waals surface area contributed by atoms with E-state index in [1.807, 2.05) is 31.2 Å². The summed E-state index contributed by atoms with van der Waals surface area (Å²) in [5, 5.41) is 4.12. The molecule has 142 valence electrons. The molecule has 0 bridgehead atoms. The minimum atomic E-state index is -3.49. The normalized spacial score (nSPS) is 16.7. The van der Waals surface area contributed by atoms with Crippen molar-refractivity contribution in [2.24, 2.45) is 0 Å². The van der Waals surface area contributed by atoms with Gasteiger partial charge in [0.15, 0.2) is 5.82 Å². The summed E-state index contributed by atoms with van der Waals surface area (Å²) in [6.07, 6.45) is 1.32. The molecule has 0 aliphatic carbocycles. The summed E-state index contributed by atoms with van der Waals surface area (Å²) in [5.41, 5.74) is 2.05. The number of hydrogen-bond acceptors (Lipinski definition) is 6. The van der Waals surface area contributed by atoms with Gasteiger partial charge in [-0.05, 0) is 44.0 Å². The molecule has 6 nitrogen and oxygen atoms in total. The van der Waals surface area contributed by atoms with Crippen molar-refractivity contribution < 1.29 is 12.9 Å². The number of nitrogens with zero attached hydrogens (tertiary/aromatic N) is 3. The van der Waals surface area contributed by atoms with Gasteiger partial charge in [0.05, 0.1) is 4.34 Å². The molecule has 0 spiro atoms. The predicted molar refractivity (Wildman–Crippen MR) is 105 cm³/mol. The van der Waals surface area contributed by atoms with Crippen molar-refractivity contribution in [3.8, 4) is 11.5 Å². The molecule has 1 saturated heterocycles. The molecule has 0 saturated carbocycles. The number of sulfonamides is 1. The zero-order chi connectivity index (χ0) is 19.0. The standard InChI is InChI=1S/C18H18ClN3O3S2/c1-12-2-4-14(5-3-12)18-20-17(21-25-18)13-8-10-22(11-9-13)27(23,24)16-7-6-15(19)26-16/h2-7,13H,8-11H2,1H3. The summed E-state index contributed by atoms with van der Waals surface area (Å²) in [6, 6.07) is 11.1. The Labute approximate surface area is 166 Å². The molecule has 1 aliphatic rings. The van der Waals surface area contributed by atoms with Gasteiger partial charge in [0.1, 0.15) is 4.21 Å². The number of thiophene rings is 1. The average molecular weight is 424 g/mol. The quantitative estimate of drug-likeness (QED) is 0.624. The van der Waals surface area contributed by atoms with E-state index >= 15 is 0 Å². The van der Waals surface area contributed by atoms with Gasteiger partial charge in [0, 0.05) is 24.6 Å². The van der Waals surface area contributed by atoms with E-state index in [1.165, 1.54) is 9.87 Å². The zero-order valence-corrected chi connectivity index (χ0v) is 17.0. The summed E-state index contributed by atoms with van der Waals surface area (Å²) in [6.45, 7) is 2.88. The average Bonchev–Trinajstić information content (AvgIpc) is 3.32. The molecule has 1 fully saturated rings. The molecule has 3 aromatic rings. The lowest BCUT2D eigenvalue weighted by molar-refractivity contribution is 0.307. The fraction of sp³-hybridized carbons (Fsp3) is 0.333. The Kier molecular flexibility index (Phi) is 5.07. The van der Waals surface area contributed by atoms with E-state index in [2.05, 4.69) is 10.1 Å². The number of hydrogen-bond donors (Lipinski definition) is 0. The van der Waals surface area contributed by atoms with E-state index in [1.54, 1.807) is 12.1 Å². The second kappa shape index (κ2) is 7.35. The Balaban J connectivity index is 1.44. The molecule has 4 rings (SSSR count). The Morgan fingerprint density at radius 2 is 1.85 bits per heavy atom. The third-order valence-corrected chi connectivity index (χ3v) is 8.30. The van der Waals surface area contributed by atoms with Crippen LogP contribution in [0.15, 0.2) is 45.1 Å². The van der Waals surface area contributed by atoms with Crippen LogP contribution in [-0.2, 0) is 10.0 Å². The summed E-state index contributed by atoms with van der Waals surface area (Å²) < 4.78 is 33.0. The van der Waals surface area contributed by atoms with Gasteiger partial charge in [-0.2, -0.15) is 9.29 Å². The smallest absolute Gasteiger partial charge is 0.257 e. The second-order valence-electron chi connectivity index (χ2n) is 6.56. The summed E-state index contributed by atoms with van der Waals surface area (Å²) in [5.74, 6) is 1.22. The topological polar surface area (TPSA) is 76.3 Å². The van der Waals surface area contributed by atoms with Crippen molar-refractivity contribution in [2.75, 3.05) is 13.1 Å². The van der Waals surface area contributed by atoms with Crippen molar-refractivity contribution in [3.63, 3.8) is 0 Å². The summed E-state index contributed by atoms with van der Waals surface area (Å²) in [7, 11) is -3.49. The van der Waals surface area contributed by atoms with Crippen LogP contribution in [0, 0.1) is 6.92 Å². The fourth-order valence-electron chi connectivity index (χ4n) is 3.13. The maximum absolute atomic E-state index is 12.7. The molecule has 0 amide bonds. The van der Waals surface area contributed by atoms with Crippen LogP contribution >= 0.6 is 22.9 Å². The third kappa shape index (κ3) is 3.80. The first-order chi connectivity index (χ1) is 12.9. The van der Waals surface area contributed by atoms with Gasteiger partial charge >= 0.3 is 0 Å². The molecule has 1 aliphatic heterocycles. The lowest BCUT2D eigenvalue weighted by atomic mass is 9.97. The minimum absolute atomic E-state index is 0.0892. The van der Waals surface area contributed by atoms with E-state index in [-0.39, 0.29) is 10.1 Å². The van der Waals surface area contributed by atoms with Crippen molar-refractivity contribution >= 4 is 33.0 Å². The Morgan fingerprint density at radius 3 is 2.48 bits per heavy atom. The third-order valence-electron chi connectivity index (χ3n) is 4.70. The van der Waals surface area contributed by atoms with Crippen LogP contribution in [0.25, 0.3) is 11.5 Å². The first-order valence-electron chi connectivity index (χ1n) is 8.59. The van der Waals surface area contributed by atoms with Crippen LogP contribution < -0.4 is 0 Å². The van der Waals surface area contributed by atoms with Crippen LogP contribution in [0.4, 0.5) is 0 Å². The van der Waals surface area contributed by atoms with Gasteiger partial charge < -0.3 is 4.52 Å². The minimum Gasteiger partial charge on any atom is -0.334 e.